The summed E-state index contributed by atoms with van der Waals surface area (Å²) in [5, 5.41) is 0. The molecule has 0 aromatic carbocycles. The van der Waals surface area contributed by atoms with Gasteiger partial charge in [0.15, 0.2) is 0 Å². The number of rotatable bonds is 11. The number of unbranched alkanes of at least 4 members (excludes halogenated alkanes) is 8. The van der Waals surface area contributed by atoms with Gasteiger partial charge in [-0.3, -0.25) is 4.55 Å². The normalized spacial score (nSPS) is 11.2. The molecule has 0 spiro atoms. The van der Waals surface area contributed by atoms with Gasteiger partial charge in [0.2, 0.25) is 0 Å². The monoisotopic (exact) mass is 260 g/mol. The molecule has 0 saturated carbocycles. The summed E-state index contributed by atoms with van der Waals surface area (Å²) in [5.41, 5.74) is 0. The molecule has 0 heterocycles. The first-order valence-electron chi connectivity index (χ1n) is 6.18. The molecule has 0 aliphatic carbocycles. The summed E-state index contributed by atoms with van der Waals surface area (Å²) in [6.45, 7) is 2.30. The maximum atomic E-state index is 10.2. The maximum absolute atomic E-state index is 10.2. The van der Waals surface area contributed by atoms with Crippen LogP contribution in [0.15, 0.2) is 0 Å². The Labute approximate surface area is 118 Å². The van der Waals surface area contributed by atoms with Gasteiger partial charge in [0.1, 0.15) is 0 Å². The van der Waals surface area contributed by atoms with Gasteiger partial charge in [0.25, 0.3) is 0 Å². The summed E-state index contributed by atoms with van der Waals surface area (Å²) < 4.78 is 32.9. The second kappa shape index (κ2) is 12.9. The SMILES string of the molecule is CCCCCCCCCCCOS(=O)(=O)O.[LiH]. The Hall–Kier alpha value is 0.467. The molecule has 0 atom stereocenters. The van der Waals surface area contributed by atoms with Gasteiger partial charge < -0.3 is 0 Å². The summed E-state index contributed by atoms with van der Waals surface area (Å²) in [5.74, 6) is 0. The minimum absolute atomic E-state index is 0. The van der Waals surface area contributed by atoms with Gasteiger partial charge in [0, 0.05) is 0 Å². The van der Waals surface area contributed by atoms with Crippen molar-refractivity contribution in [3.05, 3.63) is 0 Å². The van der Waals surface area contributed by atoms with Crippen LogP contribution in [-0.2, 0) is 14.6 Å². The van der Waals surface area contributed by atoms with E-state index in [1.54, 1.807) is 0 Å². The Bertz CT molecular complexity index is 242. The predicted octanol–water partition coefficient (Wildman–Crippen LogP) is 2.69. The van der Waals surface area contributed by atoms with Crippen LogP contribution in [0.2, 0.25) is 0 Å². The van der Waals surface area contributed by atoms with Crippen LogP contribution in [0.4, 0.5) is 0 Å². The van der Waals surface area contributed by atoms with Crippen molar-refractivity contribution in [1.82, 2.24) is 0 Å². The summed E-state index contributed by atoms with van der Waals surface area (Å²) in [7, 11) is -4.23. The average molecular weight is 260 g/mol. The minimum atomic E-state index is -4.23. The summed E-state index contributed by atoms with van der Waals surface area (Å²) in [4.78, 5) is 0. The molecule has 0 radical (unpaired) electrons. The second-order valence-corrected chi connectivity index (χ2v) is 5.17. The van der Waals surface area contributed by atoms with Crippen molar-refractivity contribution in [1.29, 1.82) is 0 Å². The van der Waals surface area contributed by atoms with Gasteiger partial charge in [-0.05, 0) is 6.42 Å². The molecule has 0 aliphatic rings. The zero-order valence-corrected chi connectivity index (χ0v) is 11.0. The molecule has 100 valence electrons. The van der Waals surface area contributed by atoms with Crippen LogP contribution in [0, 0.1) is 0 Å². The van der Waals surface area contributed by atoms with E-state index >= 15 is 0 Å². The van der Waals surface area contributed by atoms with Crippen LogP contribution in [0.1, 0.15) is 64.7 Å². The standard InChI is InChI=1S/C11H24O4S.Li.H/c1-2-3-4-5-6-7-8-9-10-11-15-16(12,13)14;;/h2-11H2,1H3,(H,12,13,14);;. The molecule has 4 nitrogen and oxygen atoms in total. The van der Waals surface area contributed by atoms with Gasteiger partial charge in [0.05, 0.1) is 6.61 Å². The van der Waals surface area contributed by atoms with E-state index in [2.05, 4.69) is 11.1 Å². The fraction of sp³-hybridized carbons (Fsp3) is 1.00. The van der Waals surface area contributed by atoms with Gasteiger partial charge in [-0.2, -0.15) is 8.42 Å². The van der Waals surface area contributed by atoms with Gasteiger partial charge in [-0.15, -0.1) is 0 Å². The predicted molar refractivity (Wildman–Crippen MR) is 71.9 cm³/mol. The van der Waals surface area contributed by atoms with Crippen LogP contribution in [-0.4, -0.2) is 38.4 Å². The Balaban J connectivity index is 0. The molecular formula is C11H25LiO4S. The number of hydrogen-bond acceptors (Lipinski definition) is 3. The third-order valence-corrected chi connectivity index (χ3v) is 2.94. The molecule has 6 heteroatoms. The van der Waals surface area contributed by atoms with E-state index in [9.17, 15) is 8.42 Å². The Morgan fingerprint density at radius 3 is 1.71 bits per heavy atom. The van der Waals surface area contributed by atoms with Gasteiger partial charge in [-0.25, -0.2) is 4.18 Å². The van der Waals surface area contributed by atoms with Crippen molar-refractivity contribution in [2.75, 3.05) is 6.61 Å². The van der Waals surface area contributed by atoms with Crippen molar-refractivity contribution in [3.63, 3.8) is 0 Å². The molecule has 1 N–H and O–H groups in total. The molecular weight excluding hydrogens is 235 g/mol. The van der Waals surface area contributed by atoms with E-state index in [-0.39, 0.29) is 25.5 Å². The molecule has 0 saturated heterocycles. The summed E-state index contributed by atoms with van der Waals surface area (Å²) >= 11 is 0. The molecule has 0 aromatic rings. The molecule has 0 rings (SSSR count). The zero-order valence-electron chi connectivity index (χ0n) is 10.2. The first-order valence-corrected chi connectivity index (χ1v) is 7.54. The Kier molecular flexibility index (Phi) is 15.0. The van der Waals surface area contributed by atoms with E-state index < -0.39 is 10.4 Å². The summed E-state index contributed by atoms with van der Waals surface area (Å²) in [6, 6.07) is 0. The van der Waals surface area contributed by atoms with Crippen LogP contribution < -0.4 is 0 Å². The zero-order chi connectivity index (χ0) is 12.3. The molecule has 0 aromatic heterocycles. The van der Waals surface area contributed by atoms with Crippen molar-refractivity contribution < 1.29 is 17.2 Å². The van der Waals surface area contributed by atoms with Crippen molar-refractivity contribution in [2.24, 2.45) is 0 Å². The number of hydrogen-bond donors (Lipinski definition) is 1. The fourth-order valence-electron chi connectivity index (χ4n) is 1.58. The molecule has 0 bridgehead atoms. The summed E-state index contributed by atoms with van der Waals surface area (Å²) in [6.07, 6.45) is 10.4. The molecule has 0 unspecified atom stereocenters. The fourth-order valence-corrected chi connectivity index (χ4v) is 1.91. The third-order valence-electron chi connectivity index (χ3n) is 2.48. The topological polar surface area (TPSA) is 63.6 Å². The van der Waals surface area contributed by atoms with Crippen molar-refractivity contribution in [2.45, 2.75) is 64.7 Å². The van der Waals surface area contributed by atoms with Crippen molar-refractivity contribution in [3.8, 4) is 0 Å². The van der Waals surface area contributed by atoms with Gasteiger partial charge in [-0.1, -0.05) is 58.3 Å². The first kappa shape index (κ1) is 19.8. The van der Waals surface area contributed by atoms with E-state index in [0.717, 1.165) is 12.8 Å². The van der Waals surface area contributed by atoms with Crippen LogP contribution in [0.5, 0.6) is 0 Å². The Morgan fingerprint density at radius 2 is 1.29 bits per heavy atom. The molecule has 0 fully saturated rings. The first-order chi connectivity index (χ1) is 7.56. The van der Waals surface area contributed by atoms with E-state index in [1.165, 1.54) is 38.5 Å². The quantitative estimate of drug-likeness (QED) is 0.352. The third kappa shape index (κ3) is 19.0. The van der Waals surface area contributed by atoms with Crippen molar-refractivity contribution >= 4 is 29.3 Å². The second-order valence-electron chi connectivity index (χ2n) is 4.08. The van der Waals surface area contributed by atoms with E-state index in [4.69, 9.17) is 4.55 Å². The van der Waals surface area contributed by atoms with Gasteiger partial charge >= 0.3 is 29.3 Å². The van der Waals surface area contributed by atoms with Crippen LogP contribution in [0.3, 0.4) is 0 Å². The average Bonchev–Trinajstić information content (AvgIpc) is 2.19. The van der Waals surface area contributed by atoms with Crippen LogP contribution >= 0.6 is 0 Å². The van der Waals surface area contributed by atoms with E-state index in [1.807, 2.05) is 0 Å². The Morgan fingerprint density at radius 1 is 0.882 bits per heavy atom. The molecule has 0 aliphatic heterocycles. The van der Waals surface area contributed by atoms with Crippen LogP contribution in [0.25, 0.3) is 0 Å². The molecule has 17 heavy (non-hydrogen) atoms. The van der Waals surface area contributed by atoms with E-state index in [0.29, 0.717) is 6.42 Å². The molecule has 0 amide bonds.